The molecule has 4 nitrogen and oxygen atoms in total. The fraction of sp³-hybridized carbons (Fsp3) is 0.636. The van der Waals surface area contributed by atoms with Crippen molar-refractivity contribution >= 4 is 16.5 Å². The van der Waals surface area contributed by atoms with Gasteiger partial charge in [0.05, 0.1) is 18.2 Å². The van der Waals surface area contributed by atoms with Crippen molar-refractivity contribution in [2.45, 2.75) is 32.9 Å². The monoisotopic (exact) mass is 238 g/mol. The second-order valence-corrected chi connectivity index (χ2v) is 5.11. The van der Waals surface area contributed by atoms with Crippen LogP contribution in [0.5, 0.6) is 0 Å². The van der Waals surface area contributed by atoms with Gasteiger partial charge in [-0.2, -0.15) is 5.26 Å². The first-order valence-corrected chi connectivity index (χ1v) is 6.10. The van der Waals surface area contributed by atoms with Crippen LogP contribution in [0, 0.1) is 18.3 Å². The lowest BCUT2D eigenvalue weighted by Crippen LogP contribution is -2.24. The van der Waals surface area contributed by atoms with Crippen molar-refractivity contribution in [3.05, 3.63) is 10.6 Å². The number of nitriles is 1. The van der Waals surface area contributed by atoms with Gasteiger partial charge in [0.25, 0.3) is 0 Å². The highest BCUT2D eigenvalue weighted by molar-refractivity contribution is 7.15. The molecule has 1 N–H and O–H groups in total. The lowest BCUT2D eigenvalue weighted by molar-refractivity contribution is 0.559. The van der Waals surface area contributed by atoms with E-state index in [0.717, 1.165) is 17.4 Å². The lowest BCUT2D eigenvalue weighted by atomic mass is 10.2. The summed E-state index contributed by atoms with van der Waals surface area (Å²) in [4.78, 5) is 7.73. The van der Waals surface area contributed by atoms with E-state index in [9.17, 15) is 0 Å². The van der Waals surface area contributed by atoms with Crippen molar-refractivity contribution < 1.29 is 0 Å². The number of anilines is 1. The van der Waals surface area contributed by atoms with Crippen LogP contribution in [0.4, 0.5) is 5.13 Å². The Hall–Kier alpha value is -1.12. The van der Waals surface area contributed by atoms with E-state index < -0.39 is 0 Å². The number of nitrogens with one attached hydrogen (secondary N) is 1. The van der Waals surface area contributed by atoms with Crippen LogP contribution >= 0.6 is 11.3 Å². The first-order valence-electron chi connectivity index (χ1n) is 5.28. The molecule has 0 radical (unpaired) electrons. The summed E-state index contributed by atoms with van der Waals surface area (Å²) in [6, 6.07) is 2.39. The maximum atomic E-state index is 8.56. The van der Waals surface area contributed by atoms with Gasteiger partial charge in [0, 0.05) is 31.6 Å². The molecule has 1 heterocycles. The van der Waals surface area contributed by atoms with Gasteiger partial charge in [-0.1, -0.05) is 0 Å². The molecule has 1 rings (SSSR count). The van der Waals surface area contributed by atoms with Crippen LogP contribution in [0.1, 0.15) is 23.9 Å². The van der Waals surface area contributed by atoms with E-state index in [2.05, 4.69) is 16.4 Å². The number of hydrogen-bond donors (Lipinski definition) is 1. The summed E-state index contributed by atoms with van der Waals surface area (Å²) in [6.45, 7) is 4.84. The molecule has 0 aliphatic carbocycles. The molecule has 0 aromatic carbocycles. The summed E-state index contributed by atoms with van der Waals surface area (Å²) in [7, 11) is 3.99. The Labute approximate surface area is 101 Å². The first-order chi connectivity index (χ1) is 7.54. The van der Waals surface area contributed by atoms with Gasteiger partial charge in [-0.25, -0.2) is 4.98 Å². The third kappa shape index (κ3) is 3.47. The van der Waals surface area contributed by atoms with Crippen molar-refractivity contribution in [3.63, 3.8) is 0 Å². The summed E-state index contributed by atoms with van der Waals surface area (Å²) in [5.74, 6) is 0. The van der Waals surface area contributed by atoms with Crippen molar-refractivity contribution in [2.75, 3.05) is 19.0 Å². The Morgan fingerprint density at radius 3 is 2.75 bits per heavy atom. The minimum Gasteiger partial charge on any atom is -0.354 e. The summed E-state index contributed by atoms with van der Waals surface area (Å²) in [5.41, 5.74) is 1.07. The average molecular weight is 238 g/mol. The molecule has 1 unspecified atom stereocenters. The Morgan fingerprint density at radius 1 is 1.56 bits per heavy atom. The Morgan fingerprint density at radius 2 is 2.25 bits per heavy atom. The van der Waals surface area contributed by atoms with Gasteiger partial charge >= 0.3 is 0 Å². The fourth-order valence-electron chi connectivity index (χ4n) is 1.24. The van der Waals surface area contributed by atoms with Crippen LogP contribution in [0.25, 0.3) is 0 Å². The van der Waals surface area contributed by atoms with Crippen LogP contribution in [-0.4, -0.2) is 25.1 Å². The Balaban J connectivity index is 2.57. The van der Waals surface area contributed by atoms with Gasteiger partial charge in [-0.15, -0.1) is 11.3 Å². The van der Waals surface area contributed by atoms with Gasteiger partial charge in [0.2, 0.25) is 0 Å². The second kappa shape index (κ2) is 5.83. The zero-order valence-electron chi connectivity index (χ0n) is 10.2. The van der Waals surface area contributed by atoms with Crippen LogP contribution in [0.15, 0.2) is 0 Å². The lowest BCUT2D eigenvalue weighted by Gasteiger charge is -2.08. The molecular formula is C11H18N4S. The topological polar surface area (TPSA) is 52.0 Å². The molecule has 0 aliphatic heterocycles. The summed E-state index contributed by atoms with van der Waals surface area (Å²) in [6.07, 6.45) is 0.540. The van der Waals surface area contributed by atoms with Crippen LogP contribution in [0.2, 0.25) is 0 Å². The minimum atomic E-state index is 0.231. The van der Waals surface area contributed by atoms with Crippen molar-refractivity contribution in [1.29, 1.82) is 5.26 Å². The molecule has 0 spiro atoms. The van der Waals surface area contributed by atoms with Gasteiger partial charge in [0.15, 0.2) is 5.13 Å². The zero-order valence-corrected chi connectivity index (χ0v) is 11.1. The number of rotatable bonds is 5. The molecule has 1 aromatic heterocycles. The summed E-state index contributed by atoms with van der Waals surface area (Å²) < 4.78 is 0. The van der Waals surface area contributed by atoms with E-state index in [-0.39, 0.29) is 6.04 Å². The van der Waals surface area contributed by atoms with Crippen molar-refractivity contribution in [1.82, 2.24) is 10.3 Å². The van der Waals surface area contributed by atoms with Gasteiger partial charge in [0.1, 0.15) is 0 Å². The molecule has 5 heteroatoms. The number of nitrogens with zero attached hydrogens (tertiary/aromatic N) is 3. The molecule has 1 atom stereocenters. The van der Waals surface area contributed by atoms with Crippen LogP contribution in [-0.2, 0) is 6.54 Å². The molecule has 16 heavy (non-hydrogen) atoms. The van der Waals surface area contributed by atoms with E-state index in [0.29, 0.717) is 6.42 Å². The van der Waals surface area contributed by atoms with E-state index in [1.54, 1.807) is 11.3 Å². The maximum Gasteiger partial charge on any atom is 0.185 e. The molecule has 88 valence electrons. The molecule has 0 amide bonds. The second-order valence-electron chi connectivity index (χ2n) is 4.04. The van der Waals surface area contributed by atoms with E-state index in [1.165, 1.54) is 4.88 Å². The molecule has 0 bridgehead atoms. The predicted octanol–water partition coefficient (Wildman–Crippen LogP) is 1.91. The summed E-state index contributed by atoms with van der Waals surface area (Å²) >= 11 is 1.70. The number of aryl methyl sites for hydroxylation is 1. The highest BCUT2D eigenvalue weighted by Crippen LogP contribution is 2.24. The van der Waals surface area contributed by atoms with E-state index in [4.69, 9.17) is 5.26 Å². The largest absolute Gasteiger partial charge is 0.354 e. The van der Waals surface area contributed by atoms with Gasteiger partial charge in [-0.05, 0) is 13.8 Å². The highest BCUT2D eigenvalue weighted by atomic mass is 32.1. The first kappa shape index (κ1) is 12.9. The zero-order chi connectivity index (χ0) is 12.1. The molecule has 0 aliphatic rings. The number of thiazole rings is 1. The third-order valence-electron chi connectivity index (χ3n) is 2.27. The molecule has 1 aromatic rings. The summed E-state index contributed by atoms with van der Waals surface area (Å²) in [5, 5.41) is 12.9. The van der Waals surface area contributed by atoms with Crippen LogP contribution in [0.3, 0.4) is 0 Å². The van der Waals surface area contributed by atoms with E-state index >= 15 is 0 Å². The highest BCUT2D eigenvalue weighted by Gasteiger charge is 2.09. The molecule has 0 saturated carbocycles. The third-order valence-corrected chi connectivity index (χ3v) is 3.60. The molecular weight excluding hydrogens is 220 g/mol. The SMILES string of the molecule is Cc1nc(N(C)C)sc1CNC(C)CC#N. The van der Waals surface area contributed by atoms with Crippen molar-refractivity contribution in [2.24, 2.45) is 0 Å². The van der Waals surface area contributed by atoms with Gasteiger partial charge < -0.3 is 10.2 Å². The molecule has 0 saturated heterocycles. The number of aromatic nitrogens is 1. The maximum absolute atomic E-state index is 8.56. The standard InChI is InChI=1S/C11H18N4S/c1-8(5-6-12)13-7-10-9(2)14-11(16-10)15(3)4/h8,13H,5,7H2,1-4H3. The average Bonchev–Trinajstić information content (AvgIpc) is 2.58. The van der Waals surface area contributed by atoms with Gasteiger partial charge in [-0.3, -0.25) is 0 Å². The minimum absolute atomic E-state index is 0.231. The Bertz CT molecular complexity index is 378. The Kier molecular flexibility index (Phi) is 4.71. The van der Waals surface area contributed by atoms with Crippen LogP contribution < -0.4 is 10.2 Å². The molecule has 0 fully saturated rings. The smallest absolute Gasteiger partial charge is 0.185 e. The van der Waals surface area contributed by atoms with Crippen molar-refractivity contribution in [3.8, 4) is 6.07 Å². The number of hydrogen-bond acceptors (Lipinski definition) is 5. The fourth-order valence-corrected chi connectivity index (χ4v) is 2.18. The van der Waals surface area contributed by atoms with E-state index in [1.807, 2.05) is 32.8 Å². The predicted molar refractivity (Wildman–Crippen MR) is 67.7 cm³/mol. The quantitative estimate of drug-likeness (QED) is 0.851. The normalized spacial score (nSPS) is 12.2.